The molecule has 0 amide bonds. The van der Waals surface area contributed by atoms with Crippen molar-refractivity contribution < 1.29 is 23.9 Å². The Morgan fingerprint density at radius 1 is 1.23 bits per heavy atom. The van der Waals surface area contributed by atoms with Crippen LogP contribution < -0.4 is 4.74 Å². The van der Waals surface area contributed by atoms with Crippen LogP contribution in [-0.2, 0) is 20.7 Å². The van der Waals surface area contributed by atoms with Crippen molar-refractivity contribution in [1.82, 2.24) is 0 Å². The molecule has 0 aromatic heterocycles. The van der Waals surface area contributed by atoms with E-state index in [2.05, 4.69) is 0 Å². The molecule has 0 bridgehead atoms. The number of carbonyl (C=O) groups excluding carboxylic acids is 1. The van der Waals surface area contributed by atoms with Gasteiger partial charge in [-0.3, -0.25) is 10.1 Å². The van der Waals surface area contributed by atoms with Gasteiger partial charge in [0.1, 0.15) is 5.75 Å². The quantitative estimate of drug-likeness (QED) is 0.369. The predicted octanol–water partition coefficient (Wildman–Crippen LogP) is 5.23. The second-order valence-corrected chi connectivity index (χ2v) is 8.79. The number of carbonyl (C=O) groups is 1. The summed E-state index contributed by atoms with van der Waals surface area (Å²) in [5, 5.41) is 11.8. The number of hydrogen-bond acceptors (Lipinski definition) is 6. The van der Waals surface area contributed by atoms with E-state index in [9.17, 15) is 14.9 Å². The lowest BCUT2D eigenvalue weighted by atomic mass is 9.86. The molecule has 0 saturated carbocycles. The Bertz CT molecular complexity index is 1020. The van der Waals surface area contributed by atoms with Crippen LogP contribution in [0.3, 0.4) is 0 Å². The molecule has 0 N–H and O–H groups in total. The summed E-state index contributed by atoms with van der Waals surface area (Å²) in [4.78, 5) is 24.1. The number of methoxy groups -OCH3 is 1. The number of hydrogen-bond donors (Lipinski definition) is 0. The third-order valence-corrected chi connectivity index (χ3v) is 5.35. The molecule has 31 heavy (non-hydrogen) atoms. The molecule has 0 aliphatic carbocycles. The fourth-order valence-electron chi connectivity index (χ4n) is 4.02. The minimum atomic E-state index is -1.02. The minimum Gasteiger partial charge on any atom is -0.493 e. The number of nitro benzene ring substituents is 1. The molecule has 2 aromatic rings. The first-order valence-corrected chi connectivity index (χ1v) is 10.3. The van der Waals surface area contributed by atoms with E-state index in [1.807, 2.05) is 39.0 Å². The normalized spacial score (nSPS) is 14.4. The van der Waals surface area contributed by atoms with Crippen molar-refractivity contribution in [2.75, 3.05) is 13.7 Å². The van der Waals surface area contributed by atoms with Crippen LogP contribution in [0.2, 0.25) is 0 Å². The molecule has 1 unspecified atom stereocenters. The van der Waals surface area contributed by atoms with E-state index in [4.69, 9.17) is 14.2 Å². The molecule has 166 valence electrons. The molecule has 7 nitrogen and oxygen atoms in total. The van der Waals surface area contributed by atoms with Gasteiger partial charge in [0.2, 0.25) is 0 Å². The zero-order chi connectivity index (χ0) is 22.9. The SMILES string of the molecule is COC(=O)C(OC(C)(C)C)c1c(C)cc([N+](=O)[O-])c(C)c1-c1ccc2c(c1)CCCO2. The summed E-state index contributed by atoms with van der Waals surface area (Å²) >= 11 is 0. The maximum absolute atomic E-state index is 12.8. The van der Waals surface area contributed by atoms with E-state index in [-0.39, 0.29) is 5.69 Å². The van der Waals surface area contributed by atoms with E-state index in [0.717, 1.165) is 29.7 Å². The van der Waals surface area contributed by atoms with Crippen LogP contribution in [0.4, 0.5) is 5.69 Å². The van der Waals surface area contributed by atoms with E-state index in [1.165, 1.54) is 13.2 Å². The molecule has 1 heterocycles. The summed E-state index contributed by atoms with van der Waals surface area (Å²) < 4.78 is 16.9. The van der Waals surface area contributed by atoms with Crippen molar-refractivity contribution in [2.24, 2.45) is 0 Å². The Labute approximate surface area is 182 Å². The zero-order valence-electron chi connectivity index (χ0n) is 18.9. The Balaban J connectivity index is 2.32. The molecule has 2 aromatic carbocycles. The van der Waals surface area contributed by atoms with Crippen LogP contribution in [0.5, 0.6) is 5.75 Å². The van der Waals surface area contributed by atoms with Gasteiger partial charge in [-0.2, -0.15) is 0 Å². The summed E-state index contributed by atoms with van der Waals surface area (Å²) in [6, 6.07) is 7.26. The second kappa shape index (κ2) is 8.67. The number of nitro groups is 1. The van der Waals surface area contributed by atoms with Crippen LogP contribution in [-0.4, -0.2) is 30.2 Å². The first kappa shape index (κ1) is 22.7. The Morgan fingerprint density at radius 2 is 1.94 bits per heavy atom. The van der Waals surface area contributed by atoms with Crippen LogP contribution in [0.15, 0.2) is 24.3 Å². The number of fused-ring (bicyclic) bond motifs is 1. The maximum Gasteiger partial charge on any atom is 0.339 e. The Morgan fingerprint density at radius 3 is 2.55 bits per heavy atom. The smallest absolute Gasteiger partial charge is 0.339 e. The van der Waals surface area contributed by atoms with Crippen molar-refractivity contribution in [3.63, 3.8) is 0 Å². The minimum absolute atomic E-state index is 0.00425. The van der Waals surface area contributed by atoms with E-state index in [0.29, 0.717) is 28.9 Å². The van der Waals surface area contributed by atoms with Gasteiger partial charge in [0.25, 0.3) is 5.69 Å². The van der Waals surface area contributed by atoms with Crippen LogP contribution in [0.1, 0.15) is 55.5 Å². The maximum atomic E-state index is 12.8. The van der Waals surface area contributed by atoms with Gasteiger partial charge in [-0.15, -0.1) is 0 Å². The summed E-state index contributed by atoms with van der Waals surface area (Å²) in [7, 11) is 1.31. The molecule has 1 atom stereocenters. The van der Waals surface area contributed by atoms with Crippen molar-refractivity contribution in [2.45, 2.75) is 59.2 Å². The number of rotatable bonds is 5. The predicted molar refractivity (Wildman–Crippen MR) is 117 cm³/mol. The number of nitrogens with zero attached hydrogens (tertiary/aromatic N) is 1. The first-order chi connectivity index (χ1) is 14.5. The molecule has 3 rings (SSSR count). The highest BCUT2D eigenvalue weighted by Crippen LogP contribution is 2.42. The highest BCUT2D eigenvalue weighted by molar-refractivity contribution is 5.85. The average Bonchev–Trinajstić information content (AvgIpc) is 2.71. The number of aryl methyl sites for hydroxylation is 2. The van der Waals surface area contributed by atoms with E-state index in [1.54, 1.807) is 13.8 Å². The fourth-order valence-corrected chi connectivity index (χ4v) is 4.02. The molecular weight excluding hydrogens is 398 g/mol. The zero-order valence-corrected chi connectivity index (χ0v) is 18.9. The lowest BCUT2D eigenvalue weighted by Gasteiger charge is -2.29. The molecule has 1 aliphatic rings. The topological polar surface area (TPSA) is 87.9 Å². The highest BCUT2D eigenvalue weighted by atomic mass is 16.6. The van der Waals surface area contributed by atoms with Gasteiger partial charge in [-0.1, -0.05) is 6.07 Å². The van der Waals surface area contributed by atoms with Gasteiger partial charge in [0, 0.05) is 17.2 Å². The van der Waals surface area contributed by atoms with E-state index < -0.39 is 22.6 Å². The van der Waals surface area contributed by atoms with Crippen molar-refractivity contribution in [3.05, 3.63) is 56.6 Å². The first-order valence-electron chi connectivity index (χ1n) is 10.3. The van der Waals surface area contributed by atoms with Crippen LogP contribution in [0.25, 0.3) is 11.1 Å². The molecule has 7 heteroatoms. The fraction of sp³-hybridized carbons (Fsp3) is 0.458. The monoisotopic (exact) mass is 427 g/mol. The molecule has 0 saturated heterocycles. The Hall–Kier alpha value is -2.93. The van der Waals surface area contributed by atoms with Gasteiger partial charge in [0.15, 0.2) is 6.10 Å². The van der Waals surface area contributed by atoms with Gasteiger partial charge < -0.3 is 14.2 Å². The summed E-state index contributed by atoms with van der Waals surface area (Å²) in [5.41, 5.74) is 3.49. The molecule has 0 fully saturated rings. The molecule has 1 aliphatic heterocycles. The molecular formula is C24H29NO6. The third-order valence-electron chi connectivity index (χ3n) is 5.35. The van der Waals surface area contributed by atoms with Crippen molar-refractivity contribution in [3.8, 4) is 16.9 Å². The summed E-state index contributed by atoms with van der Waals surface area (Å²) in [6.07, 6.45) is 0.755. The van der Waals surface area contributed by atoms with Gasteiger partial charge in [-0.05, 0) is 81.8 Å². The van der Waals surface area contributed by atoms with Crippen molar-refractivity contribution >= 4 is 11.7 Å². The summed E-state index contributed by atoms with van der Waals surface area (Å²) in [6.45, 7) is 9.70. The lowest BCUT2D eigenvalue weighted by Crippen LogP contribution is -2.29. The summed E-state index contributed by atoms with van der Waals surface area (Å²) in [5.74, 6) is 0.278. The van der Waals surface area contributed by atoms with Gasteiger partial charge >= 0.3 is 5.97 Å². The van der Waals surface area contributed by atoms with Crippen LogP contribution >= 0.6 is 0 Å². The highest BCUT2D eigenvalue weighted by Gasteiger charge is 2.34. The van der Waals surface area contributed by atoms with E-state index >= 15 is 0 Å². The average molecular weight is 427 g/mol. The second-order valence-electron chi connectivity index (χ2n) is 8.79. The number of ether oxygens (including phenoxy) is 3. The third kappa shape index (κ3) is 4.71. The van der Waals surface area contributed by atoms with Gasteiger partial charge in [-0.25, -0.2) is 4.79 Å². The standard InChI is InChI=1S/C24H29NO6/c1-14-12-18(25(27)28)15(2)21(17-9-10-19-16(13-17)8-7-11-30-19)20(14)22(23(26)29-6)31-24(3,4)5/h9-10,12-13,22H,7-8,11H2,1-6H3. The van der Waals surface area contributed by atoms with Crippen LogP contribution in [0, 0.1) is 24.0 Å². The van der Waals surface area contributed by atoms with Crippen molar-refractivity contribution in [1.29, 1.82) is 0 Å². The number of benzene rings is 2. The number of esters is 1. The molecule has 0 radical (unpaired) electrons. The lowest BCUT2D eigenvalue weighted by molar-refractivity contribution is -0.385. The molecule has 0 spiro atoms. The Kier molecular flexibility index (Phi) is 6.36. The largest absolute Gasteiger partial charge is 0.493 e. The van der Waals surface area contributed by atoms with Gasteiger partial charge in [0.05, 0.1) is 24.2 Å².